The predicted octanol–water partition coefficient (Wildman–Crippen LogP) is 3.09. The van der Waals surface area contributed by atoms with Crippen LogP contribution in [0.15, 0.2) is 53.6 Å². The molecule has 0 saturated carbocycles. The molecule has 1 heterocycles. The van der Waals surface area contributed by atoms with E-state index < -0.39 is 5.91 Å². The number of hydrazone groups is 1. The van der Waals surface area contributed by atoms with Crippen LogP contribution in [-0.2, 0) is 4.79 Å². The zero-order chi connectivity index (χ0) is 20.8. The molecule has 0 aliphatic heterocycles. The summed E-state index contributed by atoms with van der Waals surface area (Å²) in [6.07, 6.45) is 1.41. The van der Waals surface area contributed by atoms with Crippen molar-refractivity contribution in [3.8, 4) is 5.75 Å². The lowest BCUT2D eigenvalue weighted by Crippen LogP contribution is -2.34. The van der Waals surface area contributed by atoms with Gasteiger partial charge in [0.1, 0.15) is 10.9 Å². The molecule has 0 spiro atoms. The van der Waals surface area contributed by atoms with Gasteiger partial charge in [-0.05, 0) is 48.9 Å². The molecule has 0 aliphatic rings. The number of hydrogen-bond acceptors (Lipinski definition) is 5. The Morgan fingerprint density at radius 3 is 2.66 bits per heavy atom. The van der Waals surface area contributed by atoms with Gasteiger partial charge in [0.25, 0.3) is 11.8 Å². The molecule has 2 N–H and O–H groups in total. The Bertz CT molecular complexity index is 1080. The van der Waals surface area contributed by atoms with Gasteiger partial charge in [-0.1, -0.05) is 23.7 Å². The first-order valence-electron chi connectivity index (χ1n) is 8.77. The van der Waals surface area contributed by atoms with Crippen molar-refractivity contribution >= 4 is 40.5 Å². The molecule has 1 aromatic heterocycles. The van der Waals surface area contributed by atoms with E-state index >= 15 is 0 Å². The maximum absolute atomic E-state index is 12.0. The number of rotatable bonds is 6. The molecule has 0 saturated heterocycles. The van der Waals surface area contributed by atoms with Crippen molar-refractivity contribution in [3.63, 3.8) is 0 Å². The maximum Gasteiger partial charge on any atom is 0.259 e. The number of pyridine rings is 1. The second-order valence-electron chi connectivity index (χ2n) is 6.27. The summed E-state index contributed by atoms with van der Waals surface area (Å²) in [5, 5.41) is 7.61. The van der Waals surface area contributed by atoms with E-state index in [1.165, 1.54) is 6.21 Å². The van der Waals surface area contributed by atoms with Crippen LogP contribution in [-0.4, -0.2) is 36.7 Å². The van der Waals surface area contributed by atoms with Gasteiger partial charge in [0.05, 0.1) is 25.4 Å². The number of hydrogen-bond donors (Lipinski definition) is 2. The number of carbonyl (C=O) groups excluding carboxylic acids is 2. The Morgan fingerprint density at radius 1 is 1.17 bits per heavy atom. The van der Waals surface area contributed by atoms with Crippen molar-refractivity contribution in [2.24, 2.45) is 5.10 Å². The molecule has 8 heteroatoms. The Morgan fingerprint density at radius 2 is 1.93 bits per heavy atom. The highest BCUT2D eigenvalue weighted by atomic mass is 35.5. The van der Waals surface area contributed by atoms with Gasteiger partial charge in [-0.15, -0.1) is 0 Å². The summed E-state index contributed by atoms with van der Waals surface area (Å²) in [5.41, 5.74) is 5.23. The van der Waals surface area contributed by atoms with Gasteiger partial charge in [0, 0.05) is 16.5 Å². The number of aromatic nitrogens is 1. The Kier molecular flexibility index (Phi) is 6.41. The third kappa shape index (κ3) is 5.30. The molecule has 7 nitrogen and oxygen atoms in total. The largest absolute Gasteiger partial charge is 0.497 e. The second-order valence-corrected chi connectivity index (χ2v) is 6.63. The fourth-order valence-corrected chi connectivity index (χ4v) is 2.77. The van der Waals surface area contributed by atoms with Gasteiger partial charge in [-0.25, -0.2) is 10.4 Å². The van der Waals surface area contributed by atoms with Crippen LogP contribution in [0.3, 0.4) is 0 Å². The molecule has 0 aliphatic carbocycles. The fraction of sp³-hybridized carbons (Fsp3) is 0.143. The average Bonchev–Trinajstić information content (AvgIpc) is 2.72. The molecule has 148 valence electrons. The van der Waals surface area contributed by atoms with Crippen LogP contribution in [0.2, 0.25) is 5.15 Å². The zero-order valence-electron chi connectivity index (χ0n) is 15.9. The predicted molar refractivity (Wildman–Crippen MR) is 113 cm³/mol. The van der Waals surface area contributed by atoms with Gasteiger partial charge >= 0.3 is 0 Å². The summed E-state index contributed by atoms with van der Waals surface area (Å²) in [6.45, 7) is 1.76. The van der Waals surface area contributed by atoms with Crippen molar-refractivity contribution < 1.29 is 14.3 Å². The van der Waals surface area contributed by atoms with E-state index in [0.717, 1.165) is 16.5 Å². The fourth-order valence-electron chi connectivity index (χ4n) is 2.58. The second kappa shape index (κ2) is 9.16. The van der Waals surface area contributed by atoms with Crippen LogP contribution in [0.25, 0.3) is 10.9 Å². The molecular weight excluding hydrogens is 392 g/mol. The van der Waals surface area contributed by atoms with E-state index in [1.807, 2.05) is 31.2 Å². The maximum atomic E-state index is 12.0. The van der Waals surface area contributed by atoms with Crippen molar-refractivity contribution in [2.45, 2.75) is 6.92 Å². The summed E-state index contributed by atoms with van der Waals surface area (Å²) >= 11 is 6.18. The quantitative estimate of drug-likeness (QED) is 0.371. The minimum absolute atomic E-state index is 0.217. The standard InChI is InChI=1S/C21H19ClN4O3/c1-13-3-4-15-10-16(20(22)25-18(15)9-13)11-24-26-19(27)12-23-21(28)14-5-7-17(29-2)8-6-14/h3-11H,12H2,1-2H3,(H,23,28)(H,26,27). The number of methoxy groups -OCH3 is 1. The number of aryl methyl sites for hydroxylation is 1. The van der Waals surface area contributed by atoms with Crippen LogP contribution >= 0.6 is 11.6 Å². The van der Waals surface area contributed by atoms with E-state index in [2.05, 4.69) is 20.8 Å². The Hall–Kier alpha value is -3.45. The van der Waals surface area contributed by atoms with Crippen LogP contribution in [0.5, 0.6) is 5.75 Å². The molecule has 29 heavy (non-hydrogen) atoms. The van der Waals surface area contributed by atoms with E-state index in [1.54, 1.807) is 31.4 Å². The first-order chi connectivity index (χ1) is 14.0. The topological polar surface area (TPSA) is 92.7 Å². The number of fused-ring (bicyclic) bond motifs is 1. The van der Waals surface area contributed by atoms with Crippen LogP contribution in [0, 0.1) is 6.92 Å². The number of amides is 2. The molecule has 0 atom stereocenters. The number of nitrogens with zero attached hydrogens (tertiary/aromatic N) is 2. The van der Waals surface area contributed by atoms with Gasteiger partial charge < -0.3 is 10.1 Å². The summed E-state index contributed by atoms with van der Waals surface area (Å²) in [7, 11) is 1.54. The molecule has 2 aromatic carbocycles. The van der Waals surface area contributed by atoms with Crippen LogP contribution in [0.4, 0.5) is 0 Å². The van der Waals surface area contributed by atoms with E-state index in [0.29, 0.717) is 16.9 Å². The normalized spacial score (nSPS) is 10.9. The van der Waals surface area contributed by atoms with E-state index in [-0.39, 0.29) is 17.6 Å². The molecule has 3 aromatic rings. The van der Waals surface area contributed by atoms with Gasteiger partial charge in [-0.2, -0.15) is 5.10 Å². The molecule has 0 radical (unpaired) electrons. The van der Waals surface area contributed by atoms with Crippen LogP contribution < -0.4 is 15.5 Å². The highest BCUT2D eigenvalue weighted by molar-refractivity contribution is 6.32. The molecule has 3 rings (SSSR count). The van der Waals surface area contributed by atoms with Crippen LogP contribution in [0.1, 0.15) is 21.5 Å². The van der Waals surface area contributed by atoms with E-state index in [4.69, 9.17) is 16.3 Å². The number of benzene rings is 2. The summed E-state index contributed by atoms with van der Waals surface area (Å²) in [4.78, 5) is 28.3. The molecule has 0 bridgehead atoms. The molecule has 0 fully saturated rings. The monoisotopic (exact) mass is 410 g/mol. The zero-order valence-corrected chi connectivity index (χ0v) is 16.7. The lowest BCUT2D eigenvalue weighted by molar-refractivity contribution is -0.120. The average molecular weight is 411 g/mol. The van der Waals surface area contributed by atoms with Crippen molar-refractivity contribution in [1.82, 2.24) is 15.7 Å². The Labute approximate surface area is 172 Å². The third-order valence-electron chi connectivity index (χ3n) is 4.11. The first kappa shape index (κ1) is 20.3. The summed E-state index contributed by atoms with van der Waals surface area (Å²) < 4.78 is 5.04. The van der Waals surface area contributed by atoms with Gasteiger partial charge in [0.2, 0.25) is 0 Å². The molecule has 2 amide bonds. The van der Waals surface area contributed by atoms with E-state index in [9.17, 15) is 9.59 Å². The smallest absolute Gasteiger partial charge is 0.259 e. The number of carbonyl (C=O) groups is 2. The molecule has 0 unspecified atom stereocenters. The Balaban J connectivity index is 1.55. The van der Waals surface area contributed by atoms with Gasteiger partial charge in [-0.3, -0.25) is 9.59 Å². The minimum atomic E-state index is -0.469. The van der Waals surface area contributed by atoms with Crippen molar-refractivity contribution in [1.29, 1.82) is 0 Å². The van der Waals surface area contributed by atoms with Crippen molar-refractivity contribution in [3.05, 3.63) is 70.4 Å². The summed E-state index contributed by atoms with van der Waals surface area (Å²) in [6, 6.07) is 14.3. The first-order valence-corrected chi connectivity index (χ1v) is 9.15. The number of halogens is 1. The molecular formula is C21H19ClN4O3. The number of nitrogens with one attached hydrogen (secondary N) is 2. The lowest BCUT2D eigenvalue weighted by atomic mass is 10.1. The number of ether oxygens (including phenoxy) is 1. The third-order valence-corrected chi connectivity index (χ3v) is 4.41. The SMILES string of the molecule is COc1ccc(C(=O)NCC(=O)NN=Cc2cc3ccc(C)cc3nc2Cl)cc1. The highest BCUT2D eigenvalue weighted by Crippen LogP contribution is 2.20. The van der Waals surface area contributed by atoms with Crippen molar-refractivity contribution in [2.75, 3.05) is 13.7 Å². The van der Waals surface area contributed by atoms with Gasteiger partial charge in [0.15, 0.2) is 0 Å². The minimum Gasteiger partial charge on any atom is -0.497 e. The lowest BCUT2D eigenvalue weighted by Gasteiger charge is -2.05. The highest BCUT2D eigenvalue weighted by Gasteiger charge is 2.08. The summed E-state index contributed by atoms with van der Waals surface area (Å²) in [5.74, 6) is -0.196.